The maximum atomic E-state index is 5.95. The van der Waals surface area contributed by atoms with Gasteiger partial charge in [0.2, 0.25) is 0 Å². The van der Waals surface area contributed by atoms with E-state index < -0.39 is 0 Å². The fourth-order valence-electron chi connectivity index (χ4n) is 3.90. The first-order chi connectivity index (χ1) is 8.36. The number of hydrogen-bond donors (Lipinski definition) is 1. The third-order valence-electron chi connectivity index (χ3n) is 4.76. The number of likely N-dealkylation sites (N-methyl/N-ethyl adjacent to an activating group) is 1. The highest BCUT2D eigenvalue weighted by Gasteiger charge is 2.36. The molecule has 4 atom stereocenters. The Hall–Kier alpha value is -0.0800. The normalized spacial score (nSPS) is 36.0. The van der Waals surface area contributed by atoms with Gasteiger partial charge in [-0.05, 0) is 37.6 Å². The van der Waals surface area contributed by atoms with Gasteiger partial charge in [0.05, 0.1) is 6.10 Å². The SMILES string of the molecule is CCNC(C1CCCO1)C1CCCCC1CC. The molecular weight excluding hydrogens is 210 g/mol. The summed E-state index contributed by atoms with van der Waals surface area (Å²) in [6.07, 6.45) is 10.1. The lowest BCUT2D eigenvalue weighted by atomic mass is 9.72. The zero-order chi connectivity index (χ0) is 12.1. The van der Waals surface area contributed by atoms with Crippen LogP contribution in [-0.4, -0.2) is 25.3 Å². The Morgan fingerprint density at radius 3 is 2.59 bits per heavy atom. The quantitative estimate of drug-likeness (QED) is 0.794. The van der Waals surface area contributed by atoms with E-state index >= 15 is 0 Å². The minimum atomic E-state index is 0.493. The smallest absolute Gasteiger partial charge is 0.0731 e. The van der Waals surface area contributed by atoms with Gasteiger partial charge in [-0.25, -0.2) is 0 Å². The number of ether oxygens (including phenoxy) is 1. The van der Waals surface area contributed by atoms with Crippen LogP contribution in [0.3, 0.4) is 0 Å². The monoisotopic (exact) mass is 239 g/mol. The lowest BCUT2D eigenvalue weighted by molar-refractivity contribution is 0.0330. The summed E-state index contributed by atoms with van der Waals surface area (Å²) in [7, 11) is 0. The number of nitrogens with one attached hydrogen (secondary N) is 1. The minimum absolute atomic E-state index is 0.493. The van der Waals surface area contributed by atoms with Crippen LogP contribution in [-0.2, 0) is 4.74 Å². The molecule has 0 aromatic rings. The lowest BCUT2D eigenvalue weighted by Crippen LogP contribution is -2.48. The van der Waals surface area contributed by atoms with Crippen molar-refractivity contribution in [2.24, 2.45) is 11.8 Å². The molecule has 1 N–H and O–H groups in total. The molecule has 0 bridgehead atoms. The summed E-state index contributed by atoms with van der Waals surface area (Å²) >= 11 is 0. The van der Waals surface area contributed by atoms with Crippen molar-refractivity contribution in [1.29, 1.82) is 0 Å². The molecule has 1 saturated carbocycles. The van der Waals surface area contributed by atoms with Crippen LogP contribution in [0.2, 0.25) is 0 Å². The molecule has 1 heterocycles. The van der Waals surface area contributed by atoms with Gasteiger partial charge in [-0.3, -0.25) is 0 Å². The van der Waals surface area contributed by atoms with Crippen molar-refractivity contribution in [2.45, 2.75) is 70.9 Å². The Morgan fingerprint density at radius 1 is 1.12 bits per heavy atom. The van der Waals surface area contributed by atoms with Crippen molar-refractivity contribution in [3.8, 4) is 0 Å². The first-order valence-corrected chi connectivity index (χ1v) is 7.71. The molecule has 2 rings (SSSR count). The Morgan fingerprint density at radius 2 is 1.94 bits per heavy atom. The average Bonchev–Trinajstić information content (AvgIpc) is 2.89. The van der Waals surface area contributed by atoms with Gasteiger partial charge in [0, 0.05) is 12.6 Å². The van der Waals surface area contributed by atoms with Crippen molar-refractivity contribution in [3.05, 3.63) is 0 Å². The second kappa shape index (κ2) is 6.75. The van der Waals surface area contributed by atoms with E-state index in [1.165, 1.54) is 44.9 Å². The predicted octanol–water partition coefficient (Wildman–Crippen LogP) is 3.36. The highest BCUT2D eigenvalue weighted by molar-refractivity contribution is 4.90. The summed E-state index contributed by atoms with van der Waals surface area (Å²) in [6.45, 7) is 6.65. The molecule has 2 aliphatic rings. The van der Waals surface area contributed by atoms with Gasteiger partial charge in [-0.15, -0.1) is 0 Å². The average molecular weight is 239 g/mol. The van der Waals surface area contributed by atoms with Crippen molar-refractivity contribution >= 4 is 0 Å². The van der Waals surface area contributed by atoms with E-state index in [9.17, 15) is 0 Å². The third-order valence-corrected chi connectivity index (χ3v) is 4.76. The van der Waals surface area contributed by atoms with Crippen LogP contribution in [0.25, 0.3) is 0 Å². The van der Waals surface area contributed by atoms with Crippen molar-refractivity contribution in [3.63, 3.8) is 0 Å². The highest BCUT2D eigenvalue weighted by atomic mass is 16.5. The van der Waals surface area contributed by atoms with E-state index in [1.807, 2.05) is 0 Å². The van der Waals surface area contributed by atoms with Crippen LogP contribution >= 0.6 is 0 Å². The summed E-state index contributed by atoms with van der Waals surface area (Å²) < 4.78 is 5.95. The Balaban J connectivity index is 2.01. The van der Waals surface area contributed by atoms with Gasteiger partial charge in [-0.2, -0.15) is 0 Å². The molecule has 1 saturated heterocycles. The molecule has 100 valence electrons. The molecule has 4 unspecified atom stereocenters. The third kappa shape index (κ3) is 3.23. The molecule has 2 fully saturated rings. The van der Waals surface area contributed by atoms with Crippen molar-refractivity contribution in [2.75, 3.05) is 13.2 Å². The topological polar surface area (TPSA) is 21.3 Å². The standard InChI is InChI=1S/C15H29NO/c1-3-12-8-5-6-9-13(12)15(16-4-2)14-10-7-11-17-14/h12-16H,3-11H2,1-2H3. The molecule has 0 aromatic carbocycles. The first-order valence-electron chi connectivity index (χ1n) is 7.71. The Kier molecular flexibility index (Phi) is 5.30. The summed E-state index contributed by atoms with van der Waals surface area (Å²) in [6, 6.07) is 0.618. The lowest BCUT2D eigenvalue weighted by Gasteiger charge is -2.39. The van der Waals surface area contributed by atoms with Crippen LogP contribution in [0.15, 0.2) is 0 Å². The largest absolute Gasteiger partial charge is 0.377 e. The zero-order valence-electron chi connectivity index (χ0n) is 11.6. The molecule has 2 heteroatoms. The van der Waals surface area contributed by atoms with Crippen molar-refractivity contribution in [1.82, 2.24) is 5.32 Å². The van der Waals surface area contributed by atoms with E-state index in [-0.39, 0.29) is 0 Å². The van der Waals surface area contributed by atoms with Crippen LogP contribution in [0.5, 0.6) is 0 Å². The van der Waals surface area contributed by atoms with Gasteiger partial charge in [0.15, 0.2) is 0 Å². The molecule has 1 aliphatic heterocycles. The van der Waals surface area contributed by atoms with Gasteiger partial charge in [0.1, 0.15) is 0 Å². The van der Waals surface area contributed by atoms with E-state index in [4.69, 9.17) is 4.74 Å². The number of hydrogen-bond acceptors (Lipinski definition) is 2. The fourth-order valence-corrected chi connectivity index (χ4v) is 3.90. The molecule has 2 nitrogen and oxygen atoms in total. The van der Waals surface area contributed by atoms with Crippen LogP contribution in [0.1, 0.15) is 58.8 Å². The number of rotatable bonds is 5. The molecule has 0 spiro atoms. The fraction of sp³-hybridized carbons (Fsp3) is 1.00. The second-order valence-corrected chi connectivity index (χ2v) is 5.75. The summed E-state index contributed by atoms with van der Waals surface area (Å²) in [5.41, 5.74) is 0. The zero-order valence-corrected chi connectivity index (χ0v) is 11.6. The van der Waals surface area contributed by atoms with Crippen LogP contribution in [0.4, 0.5) is 0 Å². The predicted molar refractivity (Wildman–Crippen MR) is 72.2 cm³/mol. The van der Waals surface area contributed by atoms with E-state index in [2.05, 4.69) is 19.2 Å². The molecule has 17 heavy (non-hydrogen) atoms. The summed E-state index contributed by atoms with van der Waals surface area (Å²) in [4.78, 5) is 0. The summed E-state index contributed by atoms with van der Waals surface area (Å²) in [5.74, 6) is 1.79. The molecular formula is C15H29NO. The summed E-state index contributed by atoms with van der Waals surface area (Å²) in [5, 5.41) is 3.73. The van der Waals surface area contributed by atoms with Crippen molar-refractivity contribution < 1.29 is 4.74 Å². The van der Waals surface area contributed by atoms with Gasteiger partial charge in [0.25, 0.3) is 0 Å². The highest BCUT2D eigenvalue weighted by Crippen LogP contribution is 2.37. The van der Waals surface area contributed by atoms with Crippen LogP contribution < -0.4 is 5.32 Å². The van der Waals surface area contributed by atoms with Gasteiger partial charge in [-0.1, -0.05) is 39.5 Å². The molecule has 0 radical (unpaired) electrons. The minimum Gasteiger partial charge on any atom is -0.377 e. The Bertz CT molecular complexity index is 213. The first kappa shape index (κ1) is 13.4. The van der Waals surface area contributed by atoms with Crippen LogP contribution in [0, 0.1) is 11.8 Å². The van der Waals surface area contributed by atoms with E-state index in [1.54, 1.807) is 0 Å². The van der Waals surface area contributed by atoms with E-state index in [0.717, 1.165) is 25.0 Å². The maximum absolute atomic E-state index is 5.95. The maximum Gasteiger partial charge on any atom is 0.0731 e. The second-order valence-electron chi connectivity index (χ2n) is 5.75. The van der Waals surface area contributed by atoms with Gasteiger partial charge >= 0.3 is 0 Å². The molecule has 0 aromatic heterocycles. The Labute approximate surface area is 107 Å². The van der Waals surface area contributed by atoms with Gasteiger partial charge < -0.3 is 10.1 Å². The van der Waals surface area contributed by atoms with E-state index in [0.29, 0.717) is 12.1 Å². The molecule has 0 amide bonds. The molecule has 1 aliphatic carbocycles.